The first-order valence-corrected chi connectivity index (χ1v) is 11.1. The van der Waals surface area contributed by atoms with Gasteiger partial charge in [0.2, 0.25) is 11.8 Å². The molecule has 156 valence electrons. The van der Waals surface area contributed by atoms with E-state index < -0.39 is 0 Å². The number of thiazole rings is 1. The average Bonchev–Trinajstić information content (AvgIpc) is 3.12. The number of morpholine rings is 1. The lowest BCUT2D eigenvalue weighted by Crippen LogP contribution is -2.47. The lowest BCUT2D eigenvalue weighted by molar-refractivity contribution is -0.142. The van der Waals surface area contributed by atoms with Crippen LogP contribution >= 0.6 is 11.3 Å². The van der Waals surface area contributed by atoms with Gasteiger partial charge in [-0.2, -0.15) is 0 Å². The van der Waals surface area contributed by atoms with Crippen LogP contribution < -0.4 is 0 Å². The molecule has 0 unspecified atom stereocenters. The molecule has 0 spiro atoms. The molecular weight excluding hydrogens is 376 g/mol. The molecule has 1 atom stereocenters. The summed E-state index contributed by atoms with van der Waals surface area (Å²) in [6, 6.07) is 0. The number of aryl methyl sites for hydroxylation is 1. The Balaban J connectivity index is 1.43. The topological polar surface area (TPSA) is 66.0 Å². The highest BCUT2D eigenvalue weighted by Crippen LogP contribution is 2.21. The number of amides is 2. The summed E-state index contributed by atoms with van der Waals surface area (Å²) < 4.78 is 5.37. The van der Waals surface area contributed by atoms with Gasteiger partial charge in [-0.1, -0.05) is 0 Å². The molecule has 0 aliphatic carbocycles. The molecule has 2 aliphatic heterocycles. The van der Waals surface area contributed by atoms with Gasteiger partial charge >= 0.3 is 0 Å². The van der Waals surface area contributed by atoms with E-state index in [4.69, 9.17) is 4.74 Å². The van der Waals surface area contributed by atoms with Crippen LogP contribution in [-0.2, 0) is 20.7 Å². The first-order valence-electron chi connectivity index (χ1n) is 10.3. The van der Waals surface area contributed by atoms with Crippen LogP contribution in [0.3, 0.4) is 0 Å². The van der Waals surface area contributed by atoms with Crippen molar-refractivity contribution >= 4 is 23.2 Å². The molecule has 2 amide bonds. The molecule has 0 radical (unpaired) electrons. The first kappa shape index (κ1) is 21.2. The second-order valence-corrected chi connectivity index (χ2v) is 8.69. The number of likely N-dealkylation sites (tertiary alicyclic amines) is 1. The molecule has 2 fully saturated rings. The molecular formula is C20H32N4O3S. The van der Waals surface area contributed by atoms with Gasteiger partial charge in [-0.25, -0.2) is 4.98 Å². The Bertz CT molecular complexity index is 660. The highest BCUT2D eigenvalue weighted by Gasteiger charge is 2.31. The third kappa shape index (κ3) is 5.75. The zero-order valence-corrected chi connectivity index (χ0v) is 17.9. The van der Waals surface area contributed by atoms with Crippen LogP contribution in [0.2, 0.25) is 0 Å². The van der Waals surface area contributed by atoms with Gasteiger partial charge < -0.3 is 14.5 Å². The Morgan fingerprint density at radius 3 is 2.86 bits per heavy atom. The van der Waals surface area contributed by atoms with E-state index in [2.05, 4.69) is 9.88 Å². The van der Waals surface area contributed by atoms with Crippen LogP contribution in [0.25, 0.3) is 0 Å². The molecule has 3 rings (SSSR count). The standard InChI is InChI=1S/C20H32N4O3S/c1-16-18(28-15-21-16)6-9-22(2)20(26)17-4-5-19(25)24(14-17)8-3-7-23-10-12-27-13-11-23/h15,17H,3-14H2,1-2H3/t17-/m0/s1. The molecule has 2 aliphatic rings. The predicted octanol–water partition coefficient (Wildman–Crippen LogP) is 1.41. The van der Waals surface area contributed by atoms with Gasteiger partial charge in [0.25, 0.3) is 0 Å². The number of ether oxygens (including phenoxy) is 1. The van der Waals surface area contributed by atoms with Crippen molar-refractivity contribution in [2.75, 3.05) is 59.5 Å². The number of aromatic nitrogens is 1. The zero-order valence-electron chi connectivity index (χ0n) is 17.1. The summed E-state index contributed by atoms with van der Waals surface area (Å²) in [6.45, 7) is 8.53. The fourth-order valence-electron chi connectivity index (χ4n) is 3.90. The van der Waals surface area contributed by atoms with Crippen molar-refractivity contribution in [2.45, 2.75) is 32.6 Å². The summed E-state index contributed by atoms with van der Waals surface area (Å²) >= 11 is 1.65. The van der Waals surface area contributed by atoms with E-state index in [0.717, 1.165) is 57.9 Å². The van der Waals surface area contributed by atoms with E-state index in [1.165, 1.54) is 4.88 Å². The van der Waals surface area contributed by atoms with Crippen LogP contribution in [0.1, 0.15) is 29.8 Å². The number of hydrogen-bond donors (Lipinski definition) is 0. The van der Waals surface area contributed by atoms with Crippen LogP contribution in [-0.4, -0.2) is 91.0 Å². The molecule has 0 aromatic carbocycles. The second-order valence-electron chi connectivity index (χ2n) is 7.75. The molecule has 1 aromatic heterocycles. The van der Waals surface area contributed by atoms with Gasteiger partial charge in [0.1, 0.15) is 0 Å². The summed E-state index contributed by atoms with van der Waals surface area (Å²) in [7, 11) is 1.87. The number of likely N-dealkylation sites (N-methyl/N-ethyl adjacent to an activating group) is 1. The molecule has 8 heteroatoms. The zero-order chi connectivity index (χ0) is 19.9. The minimum atomic E-state index is -0.0753. The lowest BCUT2D eigenvalue weighted by Gasteiger charge is -2.34. The quantitative estimate of drug-likeness (QED) is 0.651. The molecule has 7 nitrogen and oxygen atoms in total. The maximum absolute atomic E-state index is 12.9. The fraction of sp³-hybridized carbons (Fsp3) is 0.750. The van der Waals surface area contributed by atoms with Crippen molar-refractivity contribution in [2.24, 2.45) is 5.92 Å². The Morgan fingerprint density at radius 1 is 1.36 bits per heavy atom. The van der Waals surface area contributed by atoms with E-state index >= 15 is 0 Å². The van der Waals surface area contributed by atoms with Gasteiger partial charge in [-0.05, 0) is 19.8 Å². The van der Waals surface area contributed by atoms with Crippen LogP contribution in [0.15, 0.2) is 5.51 Å². The van der Waals surface area contributed by atoms with Gasteiger partial charge in [0.05, 0.1) is 30.3 Å². The smallest absolute Gasteiger partial charge is 0.227 e. The Morgan fingerprint density at radius 2 is 2.14 bits per heavy atom. The summed E-state index contributed by atoms with van der Waals surface area (Å²) in [5, 5.41) is 0. The monoisotopic (exact) mass is 408 g/mol. The number of nitrogens with zero attached hydrogens (tertiary/aromatic N) is 4. The van der Waals surface area contributed by atoms with Crippen LogP contribution in [0.5, 0.6) is 0 Å². The second kappa shape index (κ2) is 10.3. The van der Waals surface area contributed by atoms with Gasteiger partial charge in [-0.3, -0.25) is 14.5 Å². The summed E-state index contributed by atoms with van der Waals surface area (Å²) in [4.78, 5) is 36.8. The Labute approximate surface area is 171 Å². The fourth-order valence-corrected chi connectivity index (χ4v) is 4.67. The van der Waals surface area contributed by atoms with Crippen molar-refractivity contribution in [3.8, 4) is 0 Å². The number of carbonyl (C=O) groups is 2. The minimum absolute atomic E-state index is 0.0753. The van der Waals surface area contributed by atoms with Gasteiger partial charge in [0.15, 0.2) is 0 Å². The van der Waals surface area contributed by atoms with E-state index in [0.29, 0.717) is 25.9 Å². The lowest BCUT2D eigenvalue weighted by atomic mass is 9.96. The highest BCUT2D eigenvalue weighted by molar-refractivity contribution is 7.09. The van der Waals surface area contributed by atoms with Gasteiger partial charge in [0, 0.05) is 64.0 Å². The van der Waals surface area contributed by atoms with Crippen molar-refractivity contribution in [1.82, 2.24) is 19.7 Å². The number of piperidine rings is 1. The maximum Gasteiger partial charge on any atom is 0.227 e. The van der Waals surface area contributed by atoms with Crippen LogP contribution in [0.4, 0.5) is 0 Å². The van der Waals surface area contributed by atoms with Crippen molar-refractivity contribution < 1.29 is 14.3 Å². The molecule has 0 N–H and O–H groups in total. The Kier molecular flexibility index (Phi) is 7.82. The largest absolute Gasteiger partial charge is 0.379 e. The van der Waals surface area contributed by atoms with Crippen molar-refractivity contribution in [1.29, 1.82) is 0 Å². The highest BCUT2D eigenvalue weighted by atomic mass is 32.1. The molecule has 3 heterocycles. The predicted molar refractivity (Wildman–Crippen MR) is 109 cm³/mol. The average molecular weight is 409 g/mol. The third-order valence-electron chi connectivity index (χ3n) is 5.75. The number of carbonyl (C=O) groups excluding carboxylic acids is 2. The SMILES string of the molecule is Cc1ncsc1CCN(C)C(=O)[C@H]1CCC(=O)N(CCCN2CCOCC2)C1. The summed E-state index contributed by atoms with van der Waals surface area (Å²) in [6.07, 6.45) is 2.94. The molecule has 0 bridgehead atoms. The molecule has 28 heavy (non-hydrogen) atoms. The minimum Gasteiger partial charge on any atom is -0.379 e. The van der Waals surface area contributed by atoms with Crippen molar-refractivity contribution in [3.63, 3.8) is 0 Å². The number of rotatable bonds is 8. The normalized spacial score (nSPS) is 21.1. The third-order valence-corrected chi connectivity index (χ3v) is 6.75. The summed E-state index contributed by atoms with van der Waals surface area (Å²) in [5.74, 6) is 0.274. The first-order chi connectivity index (χ1) is 13.5. The van der Waals surface area contributed by atoms with E-state index in [9.17, 15) is 9.59 Å². The molecule has 1 aromatic rings. The summed E-state index contributed by atoms with van der Waals surface area (Å²) in [5.41, 5.74) is 2.91. The van der Waals surface area contributed by atoms with Gasteiger partial charge in [-0.15, -0.1) is 11.3 Å². The van der Waals surface area contributed by atoms with E-state index in [1.807, 2.05) is 29.3 Å². The Hall–Kier alpha value is -1.51. The van der Waals surface area contributed by atoms with Crippen molar-refractivity contribution in [3.05, 3.63) is 16.1 Å². The molecule has 2 saturated heterocycles. The van der Waals surface area contributed by atoms with Crippen LogP contribution in [0, 0.1) is 12.8 Å². The van der Waals surface area contributed by atoms with E-state index in [-0.39, 0.29) is 17.7 Å². The maximum atomic E-state index is 12.9. The number of hydrogen-bond acceptors (Lipinski definition) is 6. The molecule has 0 saturated carbocycles. The van der Waals surface area contributed by atoms with E-state index in [1.54, 1.807) is 11.3 Å².